The van der Waals surface area contributed by atoms with Crippen LogP contribution in [-0.4, -0.2) is 9.92 Å². The van der Waals surface area contributed by atoms with Crippen LogP contribution in [0.1, 0.15) is 23.6 Å². The summed E-state index contributed by atoms with van der Waals surface area (Å²) in [6.07, 6.45) is 0.878. The second-order valence-electron chi connectivity index (χ2n) is 4.65. The molecule has 0 spiro atoms. The fraction of sp³-hybridized carbons (Fsp3) is 0.133. The number of fused-ring (bicyclic) bond motifs is 3. The van der Waals surface area contributed by atoms with E-state index < -0.39 is 11.5 Å². The van der Waals surface area contributed by atoms with Crippen LogP contribution in [-0.2, 0) is 22.2 Å². The zero-order chi connectivity index (χ0) is 14.1. The van der Waals surface area contributed by atoms with Crippen LogP contribution in [0.4, 0.5) is 3.89 Å². The molecule has 0 radical (unpaired) electrons. The number of hydrogen-bond donors (Lipinski definition) is 0. The quantitative estimate of drug-likeness (QED) is 0.420. The Balaban J connectivity index is 1.95. The van der Waals surface area contributed by atoms with Gasteiger partial charge in [0.05, 0.1) is 5.71 Å². The summed E-state index contributed by atoms with van der Waals surface area (Å²) in [5.74, 6) is 0. The van der Waals surface area contributed by atoms with Gasteiger partial charge in [-0.2, -0.15) is 4.21 Å². The second-order valence-corrected chi connectivity index (χ2v) is 5.19. The number of nitrogens with zero attached hydrogens (tertiary/aromatic N) is 1. The van der Waals surface area contributed by atoms with E-state index in [1.54, 1.807) is 6.92 Å². The van der Waals surface area contributed by atoms with Gasteiger partial charge in [0.1, 0.15) is 0 Å². The van der Waals surface area contributed by atoms with Crippen molar-refractivity contribution in [2.45, 2.75) is 13.3 Å². The van der Waals surface area contributed by atoms with Gasteiger partial charge in [-0.25, -0.2) is 0 Å². The molecule has 0 fully saturated rings. The molecule has 0 saturated carbocycles. The molecule has 0 aliphatic heterocycles. The fourth-order valence-electron chi connectivity index (χ4n) is 2.51. The van der Waals surface area contributed by atoms with Crippen LogP contribution in [0.3, 0.4) is 0 Å². The molecule has 3 rings (SSSR count). The van der Waals surface area contributed by atoms with Gasteiger partial charge in [-0.1, -0.05) is 45.4 Å². The van der Waals surface area contributed by atoms with E-state index in [0.717, 1.165) is 12.0 Å². The van der Waals surface area contributed by atoms with Crippen molar-refractivity contribution in [1.29, 1.82) is 0 Å². The van der Waals surface area contributed by atoms with Crippen LogP contribution >= 0.6 is 0 Å². The first-order valence-electron chi connectivity index (χ1n) is 6.17. The summed E-state index contributed by atoms with van der Waals surface area (Å²) < 4.78 is 26.5. The third-order valence-electron chi connectivity index (χ3n) is 3.44. The van der Waals surface area contributed by atoms with E-state index in [-0.39, 0.29) is 0 Å². The number of hydrogen-bond acceptors (Lipinski definition) is 3. The summed E-state index contributed by atoms with van der Waals surface area (Å²) in [5.41, 5.74) is 6.31. The highest BCUT2D eigenvalue weighted by Crippen LogP contribution is 2.36. The Hall–Kier alpha value is -2.01. The van der Waals surface area contributed by atoms with Gasteiger partial charge in [0, 0.05) is 0 Å². The zero-order valence-corrected chi connectivity index (χ0v) is 11.6. The lowest BCUT2D eigenvalue weighted by Gasteiger charge is -2.04. The van der Waals surface area contributed by atoms with Gasteiger partial charge >= 0.3 is 11.5 Å². The fourth-order valence-corrected chi connectivity index (χ4v) is 2.68. The summed E-state index contributed by atoms with van der Waals surface area (Å²) in [7, 11) is 0. The first-order valence-corrected chi connectivity index (χ1v) is 7.14. The first kappa shape index (κ1) is 13.0. The Labute approximate surface area is 119 Å². The lowest BCUT2D eigenvalue weighted by molar-refractivity contribution is 0.351. The van der Waals surface area contributed by atoms with Crippen molar-refractivity contribution < 1.29 is 12.4 Å². The van der Waals surface area contributed by atoms with Gasteiger partial charge < -0.3 is 0 Å². The normalized spacial score (nSPS) is 14.6. The molecule has 5 heteroatoms. The lowest BCUT2D eigenvalue weighted by Crippen LogP contribution is -1.97. The van der Waals surface area contributed by atoms with E-state index >= 15 is 0 Å². The minimum Gasteiger partial charge on any atom is -0.262 e. The predicted octanol–water partition coefficient (Wildman–Crippen LogP) is 3.55. The van der Waals surface area contributed by atoms with Crippen LogP contribution < -0.4 is 0 Å². The van der Waals surface area contributed by atoms with Gasteiger partial charge in [-0.15, -0.1) is 0 Å². The molecule has 20 heavy (non-hydrogen) atoms. The Morgan fingerprint density at radius 3 is 2.75 bits per heavy atom. The van der Waals surface area contributed by atoms with Gasteiger partial charge in [-0.3, -0.25) is 4.28 Å². The summed E-state index contributed by atoms with van der Waals surface area (Å²) in [5, 5.41) is 3.51. The lowest BCUT2D eigenvalue weighted by atomic mass is 10.0. The first-order chi connectivity index (χ1) is 9.65. The van der Waals surface area contributed by atoms with Crippen molar-refractivity contribution in [2.24, 2.45) is 5.16 Å². The highest BCUT2D eigenvalue weighted by atomic mass is 32.2. The van der Waals surface area contributed by atoms with Gasteiger partial charge in [0.2, 0.25) is 0 Å². The number of oxime groups is 1. The molecule has 0 heterocycles. The molecule has 1 unspecified atom stereocenters. The van der Waals surface area contributed by atoms with E-state index in [4.69, 9.17) is 0 Å². The molecular formula is C15H12FNO2S. The Morgan fingerprint density at radius 1 is 1.20 bits per heavy atom. The largest absolute Gasteiger partial charge is 0.422 e. The number of halogens is 1. The van der Waals surface area contributed by atoms with E-state index in [0.29, 0.717) is 5.71 Å². The standard InChI is InChI=1S/C15H12FNO2S/c1-10(17-19-20(16)18)11-6-7-15-13(8-11)9-12-4-2-3-5-14(12)15/h2-8H,9H2,1H3/b17-10+. The van der Waals surface area contributed by atoms with E-state index in [1.807, 2.05) is 30.3 Å². The average molecular weight is 289 g/mol. The minimum absolute atomic E-state index is 0.495. The Kier molecular flexibility index (Phi) is 3.36. The van der Waals surface area contributed by atoms with Crippen molar-refractivity contribution in [3.63, 3.8) is 0 Å². The van der Waals surface area contributed by atoms with Crippen molar-refractivity contribution in [2.75, 3.05) is 0 Å². The summed E-state index contributed by atoms with van der Waals surface area (Å²) in [6.45, 7) is 1.69. The SMILES string of the molecule is C/C(=N\OS(=O)F)c1ccc2c(c1)Cc1ccccc1-2. The van der Waals surface area contributed by atoms with E-state index in [1.165, 1.54) is 22.3 Å². The Morgan fingerprint density at radius 2 is 1.95 bits per heavy atom. The van der Waals surface area contributed by atoms with Gasteiger partial charge in [-0.05, 0) is 47.2 Å². The summed E-state index contributed by atoms with van der Waals surface area (Å²) >= 11 is -2.88. The van der Waals surface area contributed by atoms with E-state index in [2.05, 4.69) is 21.6 Å². The molecule has 2 aromatic carbocycles. The van der Waals surface area contributed by atoms with Crippen molar-refractivity contribution in [1.82, 2.24) is 0 Å². The molecule has 0 aromatic heterocycles. The molecule has 3 nitrogen and oxygen atoms in total. The van der Waals surface area contributed by atoms with Crippen molar-refractivity contribution >= 4 is 17.2 Å². The molecule has 102 valence electrons. The predicted molar refractivity (Wildman–Crippen MR) is 77.2 cm³/mol. The number of benzene rings is 2. The maximum atomic E-state index is 12.1. The van der Waals surface area contributed by atoms with Crippen LogP contribution in [0.15, 0.2) is 47.6 Å². The summed E-state index contributed by atoms with van der Waals surface area (Å²) in [6, 6.07) is 14.2. The van der Waals surface area contributed by atoms with Crippen LogP contribution in [0.2, 0.25) is 0 Å². The van der Waals surface area contributed by atoms with Crippen molar-refractivity contribution in [3.05, 3.63) is 59.2 Å². The third kappa shape index (κ3) is 2.36. The smallest absolute Gasteiger partial charge is 0.262 e. The molecule has 1 atom stereocenters. The molecule has 0 bridgehead atoms. The summed E-state index contributed by atoms with van der Waals surface area (Å²) in [4.78, 5) is 0. The maximum Gasteiger partial charge on any atom is 0.422 e. The van der Waals surface area contributed by atoms with Gasteiger partial charge in [0.15, 0.2) is 0 Å². The van der Waals surface area contributed by atoms with Crippen molar-refractivity contribution in [3.8, 4) is 11.1 Å². The molecule has 0 N–H and O–H groups in total. The molecule has 0 amide bonds. The molecule has 1 aliphatic rings. The zero-order valence-electron chi connectivity index (χ0n) is 10.8. The minimum atomic E-state index is -2.88. The monoisotopic (exact) mass is 289 g/mol. The van der Waals surface area contributed by atoms with E-state index in [9.17, 15) is 8.09 Å². The third-order valence-corrected chi connectivity index (χ3v) is 3.64. The van der Waals surface area contributed by atoms with Crippen LogP contribution in [0.25, 0.3) is 11.1 Å². The highest BCUT2D eigenvalue weighted by Gasteiger charge is 2.18. The topological polar surface area (TPSA) is 38.7 Å². The Bertz CT molecular complexity index is 728. The van der Waals surface area contributed by atoms with Crippen LogP contribution in [0, 0.1) is 0 Å². The molecule has 1 aliphatic carbocycles. The second kappa shape index (κ2) is 5.17. The molecule has 2 aromatic rings. The maximum absolute atomic E-state index is 12.1. The number of rotatable bonds is 3. The highest BCUT2D eigenvalue weighted by molar-refractivity contribution is 7.74. The molecular weight excluding hydrogens is 277 g/mol. The average Bonchev–Trinajstić information content (AvgIpc) is 2.82. The van der Waals surface area contributed by atoms with Crippen LogP contribution in [0.5, 0.6) is 0 Å². The van der Waals surface area contributed by atoms with Gasteiger partial charge in [0.25, 0.3) is 0 Å². The molecule has 0 saturated heterocycles.